The zero-order valence-corrected chi connectivity index (χ0v) is 6.84. The lowest BCUT2D eigenvalue weighted by atomic mass is 9.86. The van der Waals surface area contributed by atoms with Crippen LogP contribution in [0.2, 0.25) is 0 Å². The highest BCUT2D eigenvalue weighted by Crippen LogP contribution is 2.76. The van der Waals surface area contributed by atoms with Crippen LogP contribution in [0.15, 0.2) is 12.2 Å². The fourth-order valence-corrected chi connectivity index (χ4v) is 3.76. The molecule has 1 heteroatoms. The smallest absolute Gasteiger partial charge is 0.0170 e. The van der Waals surface area contributed by atoms with Crippen LogP contribution in [0.3, 0.4) is 0 Å². The topological polar surface area (TPSA) is 26.0 Å². The third-order valence-corrected chi connectivity index (χ3v) is 4.48. The molecule has 0 aliphatic heterocycles. The van der Waals surface area contributed by atoms with Gasteiger partial charge in [0, 0.05) is 6.04 Å². The molecule has 0 saturated heterocycles. The summed E-state index contributed by atoms with van der Waals surface area (Å²) in [5.41, 5.74) is 7.33. The first kappa shape index (κ1) is 6.24. The van der Waals surface area contributed by atoms with E-state index in [0.29, 0.717) is 16.9 Å². The summed E-state index contributed by atoms with van der Waals surface area (Å²) in [6, 6.07) is 0.541. The van der Waals surface area contributed by atoms with E-state index in [1.165, 1.54) is 32.1 Å². The maximum atomic E-state index is 6.16. The van der Waals surface area contributed by atoms with Crippen LogP contribution in [-0.4, -0.2) is 6.04 Å². The summed E-state index contributed by atoms with van der Waals surface area (Å²) >= 11 is 0. The van der Waals surface area contributed by atoms with Crippen molar-refractivity contribution in [3.63, 3.8) is 0 Å². The van der Waals surface area contributed by atoms with Crippen LogP contribution >= 0.6 is 0 Å². The Kier molecular flexibility index (Phi) is 0.885. The molecule has 0 aromatic rings. The monoisotopic (exact) mass is 149 g/mol. The Bertz CT molecular complexity index is 211. The van der Waals surface area contributed by atoms with E-state index in [0.717, 1.165) is 0 Å². The zero-order valence-electron chi connectivity index (χ0n) is 6.84. The first-order valence-electron chi connectivity index (χ1n) is 4.72. The maximum Gasteiger partial charge on any atom is 0.0170 e. The van der Waals surface area contributed by atoms with E-state index in [-0.39, 0.29) is 0 Å². The molecule has 2 fully saturated rings. The van der Waals surface area contributed by atoms with Crippen LogP contribution in [-0.2, 0) is 0 Å². The second kappa shape index (κ2) is 1.56. The van der Waals surface area contributed by atoms with Gasteiger partial charge in [-0.3, -0.25) is 0 Å². The van der Waals surface area contributed by atoms with Gasteiger partial charge in [0.05, 0.1) is 0 Å². The standard InChI is InChI=1S/C10H15N/c11-8-9-4-1-2-5-10(8,9)7-3-6-9/h1-2,8H,3-7,11H2/t8?,9-,10+. The number of rotatable bonds is 0. The fourth-order valence-electron chi connectivity index (χ4n) is 3.76. The van der Waals surface area contributed by atoms with E-state index in [1.807, 2.05) is 0 Å². The van der Waals surface area contributed by atoms with E-state index >= 15 is 0 Å². The maximum absolute atomic E-state index is 6.16. The predicted octanol–water partition coefficient (Wildman–Crippen LogP) is 1.83. The molecule has 3 atom stereocenters. The highest BCUT2D eigenvalue weighted by molar-refractivity contribution is 5.32. The second-order valence-corrected chi connectivity index (χ2v) is 4.52. The summed E-state index contributed by atoms with van der Waals surface area (Å²) < 4.78 is 0. The average molecular weight is 149 g/mol. The SMILES string of the molecule is NC1[C@@]23CC=CC[C@@]12CCC3. The van der Waals surface area contributed by atoms with Gasteiger partial charge in [0.25, 0.3) is 0 Å². The summed E-state index contributed by atoms with van der Waals surface area (Å²) in [7, 11) is 0. The minimum absolute atomic E-state index is 0.541. The van der Waals surface area contributed by atoms with Crippen LogP contribution in [0.25, 0.3) is 0 Å². The molecule has 60 valence electrons. The third kappa shape index (κ3) is 0.451. The van der Waals surface area contributed by atoms with Gasteiger partial charge in [-0.05, 0) is 36.5 Å². The van der Waals surface area contributed by atoms with Crippen molar-refractivity contribution in [2.24, 2.45) is 16.6 Å². The Labute approximate surface area is 67.7 Å². The minimum atomic E-state index is 0.541. The molecule has 0 aromatic heterocycles. The first-order chi connectivity index (χ1) is 5.32. The lowest BCUT2D eigenvalue weighted by Gasteiger charge is -2.17. The van der Waals surface area contributed by atoms with Crippen molar-refractivity contribution < 1.29 is 0 Å². The molecular formula is C10H15N. The van der Waals surface area contributed by atoms with Crippen molar-refractivity contribution in [3.05, 3.63) is 12.2 Å². The van der Waals surface area contributed by atoms with Crippen molar-refractivity contribution in [2.45, 2.75) is 38.1 Å². The summed E-state index contributed by atoms with van der Waals surface area (Å²) in [6.45, 7) is 0. The van der Waals surface area contributed by atoms with Gasteiger partial charge in [0.1, 0.15) is 0 Å². The van der Waals surface area contributed by atoms with Gasteiger partial charge >= 0.3 is 0 Å². The summed E-state index contributed by atoms with van der Waals surface area (Å²) in [5.74, 6) is 0. The van der Waals surface area contributed by atoms with Crippen molar-refractivity contribution >= 4 is 0 Å². The van der Waals surface area contributed by atoms with Gasteiger partial charge in [0.15, 0.2) is 0 Å². The highest BCUT2D eigenvalue weighted by atomic mass is 14.9. The highest BCUT2D eigenvalue weighted by Gasteiger charge is 2.75. The Hall–Kier alpha value is -0.300. The Morgan fingerprint density at radius 3 is 2.18 bits per heavy atom. The number of hydrogen-bond donors (Lipinski definition) is 1. The molecule has 1 nitrogen and oxygen atoms in total. The van der Waals surface area contributed by atoms with Gasteiger partial charge in [0.2, 0.25) is 0 Å². The van der Waals surface area contributed by atoms with Gasteiger partial charge in [-0.25, -0.2) is 0 Å². The molecule has 3 aliphatic carbocycles. The molecular weight excluding hydrogens is 134 g/mol. The van der Waals surface area contributed by atoms with Crippen molar-refractivity contribution in [2.75, 3.05) is 0 Å². The average Bonchev–Trinajstić information content (AvgIpc) is 2.44. The number of nitrogens with two attached hydrogens (primary N) is 1. The largest absolute Gasteiger partial charge is 0.327 e. The zero-order chi connectivity index (χ0) is 7.53. The molecule has 0 spiro atoms. The van der Waals surface area contributed by atoms with E-state index in [9.17, 15) is 0 Å². The first-order valence-corrected chi connectivity index (χ1v) is 4.72. The van der Waals surface area contributed by atoms with Crippen LogP contribution in [0, 0.1) is 10.8 Å². The van der Waals surface area contributed by atoms with Gasteiger partial charge in [-0.15, -0.1) is 0 Å². The van der Waals surface area contributed by atoms with Gasteiger partial charge in [-0.1, -0.05) is 18.6 Å². The molecule has 3 rings (SSSR count). The van der Waals surface area contributed by atoms with Crippen LogP contribution < -0.4 is 5.73 Å². The molecule has 0 amide bonds. The fraction of sp³-hybridized carbons (Fsp3) is 0.800. The second-order valence-electron chi connectivity index (χ2n) is 4.52. The van der Waals surface area contributed by atoms with Crippen LogP contribution in [0.1, 0.15) is 32.1 Å². The van der Waals surface area contributed by atoms with E-state index in [4.69, 9.17) is 5.73 Å². The summed E-state index contributed by atoms with van der Waals surface area (Å²) in [5, 5.41) is 0. The van der Waals surface area contributed by atoms with Gasteiger partial charge < -0.3 is 5.73 Å². The molecule has 0 heterocycles. The lowest BCUT2D eigenvalue weighted by molar-refractivity contribution is 0.380. The van der Waals surface area contributed by atoms with E-state index < -0.39 is 0 Å². The van der Waals surface area contributed by atoms with E-state index in [1.54, 1.807) is 0 Å². The molecule has 1 unspecified atom stereocenters. The van der Waals surface area contributed by atoms with Crippen molar-refractivity contribution in [3.8, 4) is 0 Å². The Morgan fingerprint density at radius 2 is 1.64 bits per heavy atom. The molecule has 11 heavy (non-hydrogen) atoms. The Balaban J connectivity index is 2.05. The van der Waals surface area contributed by atoms with Gasteiger partial charge in [-0.2, -0.15) is 0 Å². The Morgan fingerprint density at radius 1 is 1.09 bits per heavy atom. The molecule has 0 bridgehead atoms. The van der Waals surface area contributed by atoms with Crippen molar-refractivity contribution in [1.82, 2.24) is 0 Å². The summed E-state index contributed by atoms with van der Waals surface area (Å²) in [6.07, 6.45) is 11.5. The molecule has 3 aliphatic rings. The third-order valence-electron chi connectivity index (χ3n) is 4.48. The van der Waals surface area contributed by atoms with E-state index in [2.05, 4.69) is 12.2 Å². The van der Waals surface area contributed by atoms with Crippen LogP contribution in [0.4, 0.5) is 0 Å². The van der Waals surface area contributed by atoms with Crippen LogP contribution in [0.5, 0.6) is 0 Å². The summed E-state index contributed by atoms with van der Waals surface area (Å²) in [4.78, 5) is 0. The quantitative estimate of drug-likeness (QED) is 0.522. The molecule has 2 N–H and O–H groups in total. The number of allylic oxidation sites excluding steroid dienone is 2. The molecule has 0 aromatic carbocycles. The minimum Gasteiger partial charge on any atom is -0.327 e. The number of hydrogen-bond acceptors (Lipinski definition) is 1. The van der Waals surface area contributed by atoms with Crippen molar-refractivity contribution in [1.29, 1.82) is 0 Å². The molecule has 0 radical (unpaired) electrons. The normalized spacial score (nSPS) is 58.8. The molecule has 2 saturated carbocycles. The lowest BCUT2D eigenvalue weighted by Crippen LogP contribution is -2.14. The predicted molar refractivity (Wildman–Crippen MR) is 45.1 cm³/mol.